The molecule has 0 aromatic rings. The van der Waals surface area contributed by atoms with Gasteiger partial charge in [-0.15, -0.1) is 0 Å². The quantitative estimate of drug-likeness (QED) is 0.436. The predicted molar refractivity (Wildman–Crippen MR) is 44.2 cm³/mol. The number of hydrogen-bond acceptors (Lipinski definition) is 0. The van der Waals surface area contributed by atoms with Gasteiger partial charge < -0.3 is 81.0 Å². The molecule has 0 unspecified atom stereocenters. The van der Waals surface area contributed by atoms with Crippen molar-refractivity contribution >= 4 is 81.0 Å². The van der Waals surface area contributed by atoms with Crippen molar-refractivity contribution in [3.63, 3.8) is 0 Å². The average molecular weight is 472 g/mol. The molecule has 0 aliphatic carbocycles. The summed E-state index contributed by atoms with van der Waals surface area (Å²) in [5.74, 6) is 0. The summed E-state index contributed by atoms with van der Waals surface area (Å²) >= 11 is 0. The molecule has 0 aliphatic rings. The molecule has 0 amide bonds. The van der Waals surface area contributed by atoms with Gasteiger partial charge >= 0.3 is 0 Å². The van der Waals surface area contributed by atoms with Crippen LogP contribution < -0.4 is 0 Å². The van der Waals surface area contributed by atoms with Crippen molar-refractivity contribution in [2.75, 3.05) is 0 Å². The van der Waals surface area contributed by atoms with Gasteiger partial charge in [-0.2, -0.15) is 0 Å². The molecule has 0 atom stereocenters. The third-order valence-corrected chi connectivity index (χ3v) is 0. The van der Waals surface area contributed by atoms with Crippen molar-refractivity contribution in [3.05, 3.63) is 0 Å². The predicted octanol–water partition coefficient (Wildman–Crippen LogP) is -0.0194. The molecule has 0 fully saturated rings. The number of rotatable bonds is 0. The zero-order valence-electron chi connectivity index (χ0n) is 3.27. The maximum atomic E-state index is 0. The van der Waals surface area contributed by atoms with Crippen LogP contribution in [0.3, 0.4) is 0 Å². The van der Waals surface area contributed by atoms with E-state index < -0.39 is 0 Å². The minimum Gasteiger partial charge on any atom is -2.00 e. The summed E-state index contributed by atoms with van der Waals surface area (Å²) in [7, 11) is 0. The molecule has 0 spiro atoms. The van der Waals surface area contributed by atoms with Crippen LogP contribution in [-0.2, 0) is 123 Å². The first kappa shape index (κ1) is 104. The van der Waals surface area contributed by atoms with E-state index >= 15 is 0 Å². The molecule has 0 heterocycles. The molecule has 0 bridgehead atoms. The smallest absolute Gasteiger partial charge is 0 e. The topological polar surface area (TPSA) is 0 Å². The molecule has 0 nitrogen and oxygen atoms in total. The van der Waals surface area contributed by atoms with Gasteiger partial charge in [0.05, 0.1) is 0 Å². The van der Waals surface area contributed by atoms with Crippen LogP contribution in [-0.4, -0.2) is 0 Å². The fourth-order valence-corrected chi connectivity index (χ4v) is 0. The van der Waals surface area contributed by atoms with Crippen LogP contribution in [0, 0.1) is 0 Å². The van der Waals surface area contributed by atoms with Crippen LogP contribution in [0.4, 0.5) is 0 Å². The van der Waals surface area contributed by atoms with Crippen molar-refractivity contribution in [1.29, 1.82) is 0 Å². The zero-order valence-corrected chi connectivity index (χ0v) is 13.1. The van der Waals surface area contributed by atoms with E-state index in [-0.39, 0.29) is 123 Å². The second-order valence-electron chi connectivity index (χ2n) is 0. The SMILES string of the molecule is [Mo].[S-2].[S-2].[S-2].[S-2].[S-2].[S-2].[W]. The summed E-state index contributed by atoms with van der Waals surface area (Å²) in [6.07, 6.45) is 0. The third kappa shape index (κ3) is 56.3. The molecule has 0 radical (unpaired) electrons. The van der Waals surface area contributed by atoms with Crippen LogP contribution in [0.2, 0.25) is 0 Å². The van der Waals surface area contributed by atoms with E-state index in [1.807, 2.05) is 0 Å². The van der Waals surface area contributed by atoms with E-state index in [1.165, 1.54) is 0 Å². The second-order valence-corrected chi connectivity index (χ2v) is 0. The Morgan fingerprint density at radius 2 is 0.375 bits per heavy atom. The summed E-state index contributed by atoms with van der Waals surface area (Å²) < 4.78 is 0. The Morgan fingerprint density at radius 3 is 0.375 bits per heavy atom. The Morgan fingerprint density at radius 1 is 0.375 bits per heavy atom. The molecular formula is MoS6W-12. The molecule has 0 rings (SSSR count). The molecular weight excluding hydrogens is 472 g/mol. The minimum absolute atomic E-state index is 0. The van der Waals surface area contributed by atoms with Crippen molar-refractivity contribution in [1.82, 2.24) is 0 Å². The van der Waals surface area contributed by atoms with Crippen LogP contribution in [0.25, 0.3) is 0 Å². The van der Waals surface area contributed by atoms with E-state index in [1.54, 1.807) is 0 Å². The van der Waals surface area contributed by atoms with Crippen LogP contribution in [0.15, 0.2) is 0 Å². The summed E-state index contributed by atoms with van der Waals surface area (Å²) in [5.41, 5.74) is 0. The third-order valence-electron chi connectivity index (χ3n) is 0. The molecule has 0 saturated carbocycles. The fraction of sp³-hybridized carbons (Fsp3) is 0. The largest absolute Gasteiger partial charge is 2.00 e. The molecule has 0 aromatic heterocycles. The Bertz CT molecular complexity index is 8.49. The first-order chi connectivity index (χ1) is 0. The van der Waals surface area contributed by atoms with E-state index in [0.29, 0.717) is 0 Å². The summed E-state index contributed by atoms with van der Waals surface area (Å²) in [6.45, 7) is 0. The van der Waals surface area contributed by atoms with Crippen molar-refractivity contribution in [2.45, 2.75) is 0 Å². The van der Waals surface area contributed by atoms with Crippen LogP contribution in [0.5, 0.6) is 0 Å². The van der Waals surface area contributed by atoms with Gasteiger partial charge in [-0.05, 0) is 0 Å². The molecule has 8 heavy (non-hydrogen) atoms. The van der Waals surface area contributed by atoms with E-state index in [9.17, 15) is 0 Å². The minimum atomic E-state index is 0. The maximum Gasteiger partial charge on any atom is 0 e. The Balaban J connectivity index is 0. The van der Waals surface area contributed by atoms with Gasteiger partial charge in [-0.3, -0.25) is 0 Å². The second kappa shape index (κ2) is 77.8. The monoisotopic (exact) mass is 474 g/mol. The first-order valence-corrected chi connectivity index (χ1v) is 0. The van der Waals surface area contributed by atoms with Gasteiger partial charge in [0, 0.05) is 42.1 Å². The first-order valence-electron chi connectivity index (χ1n) is 0. The van der Waals surface area contributed by atoms with Crippen molar-refractivity contribution < 1.29 is 42.1 Å². The number of hydrogen-bond donors (Lipinski definition) is 0. The van der Waals surface area contributed by atoms with Gasteiger partial charge in [0.1, 0.15) is 0 Å². The van der Waals surface area contributed by atoms with Gasteiger partial charge in [-0.25, -0.2) is 0 Å². The van der Waals surface area contributed by atoms with Crippen molar-refractivity contribution in [2.24, 2.45) is 0 Å². The Hall–Kier alpha value is 3.48. The van der Waals surface area contributed by atoms with Crippen LogP contribution >= 0.6 is 0 Å². The summed E-state index contributed by atoms with van der Waals surface area (Å²) in [5, 5.41) is 0. The fourth-order valence-electron chi connectivity index (χ4n) is 0. The molecule has 0 aromatic carbocycles. The van der Waals surface area contributed by atoms with Crippen molar-refractivity contribution in [3.8, 4) is 0 Å². The van der Waals surface area contributed by atoms with Gasteiger partial charge in [-0.1, -0.05) is 0 Å². The van der Waals surface area contributed by atoms with E-state index in [4.69, 9.17) is 0 Å². The molecule has 8 heteroatoms. The van der Waals surface area contributed by atoms with Crippen LogP contribution in [0.1, 0.15) is 0 Å². The molecule has 0 aliphatic heterocycles. The van der Waals surface area contributed by atoms with Gasteiger partial charge in [0.25, 0.3) is 0 Å². The van der Waals surface area contributed by atoms with E-state index in [2.05, 4.69) is 0 Å². The Labute approximate surface area is 121 Å². The normalized spacial score (nSPS) is 0. The van der Waals surface area contributed by atoms with Gasteiger partial charge in [0.2, 0.25) is 0 Å². The Kier molecular flexibility index (Phi) is 1010. The standard InChI is InChI=1S/Mo.6S.W/q;6*-2;. The maximum absolute atomic E-state index is 0. The summed E-state index contributed by atoms with van der Waals surface area (Å²) in [6, 6.07) is 0. The zero-order chi connectivity index (χ0) is 0. The van der Waals surface area contributed by atoms with Gasteiger partial charge in [0.15, 0.2) is 0 Å². The van der Waals surface area contributed by atoms with E-state index in [0.717, 1.165) is 0 Å². The average Bonchev–Trinajstić information content (AvgIpc) is 0. The molecule has 60 valence electrons. The summed E-state index contributed by atoms with van der Waals surface area (Å²) in [4.78, 5) is 0. The molecule has 0 N–H and O–H groups in total. The molecule has 0 saturated heterocycles.